The Bertz CT molecular complexity index is 480. The van der Waals surface area contributed by atoms with Crippen LogP contribution in [0, 0.1) is 5.92 Å². The zero-order valence-corrected chi connectivity index (χ0v) is 8.39. The van der Waals surface area contributed by atoms with Gasteiger partial charge in [-0.2, -0.15) is 0 Å². The van der Waals surface area contributed by atoms with Crippen LogP contribution in [0.3, 0.4) is 0 Å². The molecular weight excluding hydrogens is 188 g/mol. The molecule has 1 saturated carbocycles. The number of nitrogens with zero attached hydrogens (tertiary/aromatic N) is 2. The molecular formula is C12H12N2O. The summed E-state index contributed by atoms with van der Waals surface area (Å²) in [5.41, 5.74) is 0.894. The summed E-state index contributed by atoms with van der Waals surface area (Å²) in [6.45, 7) is 0.804. The van der Waals surface area contributed by atoms with Gasteiger partial charge in [-0.25, -0.2) is 4.98 Å². The topological polar surface area (TPSA) is 35.0 Å². The molecule has 0 atom stereocenters. The van der Waals surface area contributed by atoms with E-state index < -0.39 is 0 Å². The summed E-state index contributed by atoms with van der Waals surface area (Å²) in [4.78, 5) is 8.43. The lowest BCUT2D eigenvalue weighted by Gasteiger charge is -2.04. The normalized spacial score (nSPS) is 15.5. The molecule has 2 heterocycles. The molecule has 15 heavy (non-hydrogen) atoms. The highest BCUT2D eigenvalue weighted by molar-refractivity contribution is 5.77. The van der Waals surface area contributed by atoms with Crippen LogP contribution in [0.15, 0.2) is 30.6 Å². The quantitative estimate of drug-likeness (QED) is 0.763. The first-order valence-electron chi connectivity index (χ1n) is 5.25. The van der Waals surface area contributed by atoms with E-state index in [9.17, 15) is 0 Å². The van der Waals surface area contributed by atoms with E-state index in [-0.39, 0.29) is 0 Å². The number of pyridine rings is 2. The molecule has 0 aliphatic heterocycles. The lowest BCUT2D eigenvalue weighted by atomic mass is 10.3. The van der Waals surface area contributed by atoms with Crippen molar-refractivity contribution in [1.82, 2.24) is 9.97 Å². The molecule has 0 unspecified atom stereocenters. The third kappa shape index (κ3) is 1.91. The van der Waals surface area contributed by atoms with Crippen molar-refractivity contribution in [3.63, 3.8) is 0 Å². The fourth-order valence-corrected chi connectivity index (χ4v) is 1.52. The average Bonchev–Trinajstić information content (AvgIpc) is 3.10. The zero-order valence-electron chi connectivity index (χ0n) is 8.39. The lowest BCUT2D eigenvalue weighted by Crippen LogP contribution is -2.00. The Morgan fingerprint density at radius 2 is 2.20 bits per heavy atom. The van der Waals surface area contributed by atoms with Gasteiger partial charge in [-0.3, -0.25) is 4.98 Å². The first-order valence-corrected chi connectivity index (χ1v) is 5.25. The Balaban J connectivity index is 1.84. The number of ether oxygens (including phenoxy) is 1. The van der Waals surface area contributed by atoms with E-state index in [4.69, 9.17) is 4.74 Å². The van der Waals surface area contributed by atoms with Gasteiger partial charge >= 0.3 is 0 Å². The predicted octanol–water partition coefficient (Wildman–Crippen LogP) is 2.42. The van der Waals surface area contributed by atoms with Gasteiger partial charge in [-0.05, 0) is 30.9 Å². The first-order chi connectivity index (χ1) is 7.42. The van der Waals surface area contributed by atoms with Gasteiger partial charge < -0.3 is 4.74 Å². The van der Waals surface area contributed by atoms with E-state index in [1.165, 1.54) is 12.8 Å². The minimum absolute atomic E-state index is 0.711. The number of aromatic nitrogens is 2. The minimum Gasteiger partial charge on any atom is -0.477 e. The van der Waals surface area contributed by atoms with E-state index in [1.54, 1.807) is 12.4 Å². The van der Waals surface area contributed by atoms with E-state index in [0.29, 0.717) is 5.88 Å². The molecule has 76 valence electrons. The first kappa shape index (κ1) is 8.65. The maximum Gasteiger partial charge on any atom is 0.213 e. The molecule has 0 aromatic carbocycles. The Morgan fingerprint density at radius 1 is 1.27 bits per heavy atom. The van der Waals surface area contributed by atoms with Crippen LogP contribution in [0.1, 0.15) is 12.8 Å². The maximum atomic E-state index is 5.60. The van der Waals surface area contributed by atoms with E-state index in [1.807, 2.05) is 18.2 Å². The van der Waals surface area contributed by atoms with Crippen molar-refractivity contribution in [3.05, 3.63) is 30.6 Å². The van der Waals surface area contributed by atoms with Crippen molar-refractivity contribution in [2.45, 2.75) is 12.8 Å². The second kappa shape index (κ2) is 3.50. The summed E-state index contributed by atoms with van der Waals surface area (Å²) in [5.74, 6) is 1.47. The molecule has 0 radical (unpaired) electrons. The number of hydrogen-bond acceptors (Lipinski definition) is 3. The molecule has 3 heteroatoms. The van der Waals surface area contributed by atoms with E-state index in [0.717, 1.165) is 23.4 Å². The molecule has 1 aliphatic carbocycles. The third-order valence-electron chi connectivity index (χ3n) is 2.63. The van der Waals surface area contributed by atoms with Crippen LogP contribution in [-0.4, -0.2) is 16.6 Å². The van der Waals surface area contributed by atoms with Gasteiger partial charge in [-0.1, -0.05) is 0 Å². The van der Waals surface area contributed by atoms with Crippen molar-refractivity contribution in [2.75, 3.05) is 6.61 Å². The average molecular weight is 200 g/mol. The smallest absolute Gasteiger partial charge is 0.213 e. The number of fused-ring (bicyclic) bond motifs is 1. The highest BCUT2D eigenvalue weighted by Crippen LogP contribution is 2.29. The summed E-state index contributed by atoms with van der Waals surface area (Å²) in [7, 11) is 0. The SMILES string of the molecule is c1cc2ccc(OCC3CC3)nc2cn1. The Hall–Kier alpha value is -1.64. The Morgan fingerprint density at radius 3 is 3.07 bits per heavy atom. The van der Waals surface area contributed by atoms with Crippen LogP contribution in [0.4, 0.5) is 0 Å². The zero-order chi connectivity index (χ0) is 10.1. The monoisotopic (exact) mass is 200 g/mol. The standard InChI is InChI=1S/C12H12N2O/c1-2-9(1)8-15-12-4-3-10-5-6-13-7-11(10)14-12/h3-7,9H,1-2,8H2. The Kier molecular flexibility index (Phi) is 2.02. The van der Waals surface area contributed by atoms with Gasteiger partial charge in [0.2, 0.25) is 5.88 Å². The van der Waals surface area contributed by atoms with Crippen LogP contribution in [0.2, 0.25) is 0 Å². The highest BCUT2D eigenvalue weighted by atomic mass is 16.5. The van der Waals surface area contributed by atoms with Crippen molar-refractivity contribution in [1.29, 1.82) is 0 Å². The largest absolute Gasteiger partial charge is 0.477 e. The molecule has 3 nitrogen and oxygen atoms in total. The summed E-state index contributed by atoms with van der Waals surface area (Å²) in [5, 5.41) is 1.10. The summed E-state index contributed by atoms with van der Waals surface area (Å²) < 4.78 is 5.60. The highest BCUT2D eigenvalue weighted by Gasteiger charge is 2.22. The van der Waals surface area contributed by atoms with Gasteiger partial charge in [0.05, 0.1) is 18.3 Å². The van der Waals surface area contributed by atoms with Crippen LogP contribution < -0.4 is 4.74 Å². The molecule has 3 rings (SSSR count). The summed E-state index contributed by atoms with van der Waals surface area (Å²) >= 11 is 0. The maximum absolute atomic E-state index is 5.60. The van der Waals surface area contributed by atoms with Gasteiger partial charge in [0.15, 0.2) is 0 Å². The van der Waals surface area contributed by atoms with Crippen molar-refractivity contribution < 1.29 is 4.74 Å². The Labute approximate surface area is 88.1 Å². The van der Waals surface area contributed by atoms with Gasteiger partial charge in [-0.15, -0.1) is 0 Å². The molecule has 0 N–H and O–H groups in total. The molecule has 1 fully saturated rings. The van der Waals surface area contributed by atoms with Crippen LogP contribution >= 0.6 is 0 Å². The minimum atomic E-state index is 0.711. The molecule has 0 spiro atoms. The van der Waals surface area contributed by atoms with Gasteiger partial charge in [0.25, 0.3) is 0 Å². The second-order valence-corrected chi connectivity index (χ2v) is 3.97. The summed E-state index contributed by atoms with van der Waals surface area (Å²) in [6.07, 6.45) is 6.14. The van der Waals surface area contributed by atoms with Crippen molar-refractivity contribution >= 4 is 10.9 Å². The van der Waals surface area contributed by atoms with Crippen molar-refractivity contribution in [3.8, 4) is 5.88 Å². The lowest BCUT2D eigenvalue weighted by molar-refractivity contribution is 0.289. The number of hydrogen-bond donors (Lipinski definition) is 0. The number of rotatable bonds is 3. The second-order valence-electron chi connectivity index (χ2n) is 3.97. The summed E-state index contributed by atoms with van der Waals surface area (Å²) in [6, 6.07) is 5.89. The van der Waals surface area contributed by atoms with Crippen LogP contribution in [0.5, 0.6) is 5.88 Å². The molecule has 2 aromatic rings. The molecule has 2 aromatic heterocycles. The molecule has 0 bridgehead atoms. The fourth-order valence-electron chi connectivity index (χ4n) is 1.52. The van der Waals surface area contributed by atoms with Crippen LogP contribution in [0.25, 0.3) is 10.9 Å². The molecule has 0 amide bonds. The third-order valence-corrected chi connectivity index (χ3v) is 2.63. The predicted molar refractivity (Wildman–Crippen MR) is 57.8 cm³/mol. The van der Waals surface area contributed by atoms with E-state index in [2.05, 4.69) is 9.97 Å². The molecule has 1 aliphatic rings. The van der Waals surface area contributed by atoms with Crippen LogP contribution in [-0.2, 0) is 0 Å². The van der Waals surface area contributed by atoms with Crippen molar-refractivity contribution in [2.24, 2.45) is 5.92 Å². The van der Waals surface area contributed by atoms with Gasteiger partial charge in [0.1, 0.15) is 0 Å². The van der Waals surface area contributed by atoms with E-state index >= 15 is 0 Å². The van der Waals surface area contributed by atoms with Gasteiger partial charge in [0, 0.05) is 17.6 Å². The fraction of sp³-hybridized carbons (Fsp3) is 0.333. The molecule has 0 saturated heterocycles.